The van der Waals surface area contributed by atoms with Crippen molar-refractivity contribution in [2.45, 2.75) is 12.8 Å². The smallest absolute Gasteiger partial charge is 0.180 e. The van der Waals surface area contributed by atoms with Gasteiger partial charge in [0.25, 0.3) is 0 Å². The maximum atomic E-state index is 5.43. The monoisotopic (exact) mass is 154 g/mol. The molecule has 0 atom stereocenters. The van der Waals surface area contributed by atoms with Crippen LogP contribution in [0.1, 0.15) is 11.3 Å². The number of nitrogens with zero attached hydrogens (tertiary/aromatic N) is 1. The molecule has 0 aliphatic carbocycles. The van der Waals surface area contributed by atoms with E-state index in [0.717, 1.165) is 12.8 Å². The predicted molar refractivity (Wildman–Crippen MR) is 45.0 cm³/mol. The molecule has 0 fully saturated rings. The summed E-state index contributed by atoms with van der Waals surface area (Å²) in [6.45, 7) is 3.64. The van der Waals surface area contributed by atoms with E-state index in [1.807, 2.05) is 12.3 Å². The van der Waals surface area contributed by atoms with Gasteiger partial charge in [-0.05, 0) is 12.8 Å². The van der Waals surface area contributed by atoms with Gasteiger partial charge >= 0.3 is 0 Å². The maximum Gasteiger partial charge on any atom is 0.180 e. The van der Waals surface area contributed by atoms with Gasteiger partial charge in [-0.3, -0.25) is 0 Å². The molecule has 0 bridgehead atoms. The van der Waals surface area contributed by atoms with Gasteiger partial charge < -0.3 is 5.73 Å². The van der Waals surface area contributed by atoms with Gasteiger partial charge in [0.2, 0.25) is 0 Å². The van der Waals surface area contributed by atoms with E-state index in [2.05, 4.69) is 11.6 Å². The second-order valence-corrected chi connectivity index (χ2v) is 3.14. The lowest BCUT2D eigenvalue weighted by atomic mass is 10.3. The zero-order chi connectivity index (χ0) is 7.40. The van der Waals surface area contributed by atoms with Gasteiger partial charge in [0.05, 0.1) is 0 Å². The summed E-state index contributed by atoms with van der Waals surface area (Å²) >= 11 is 1.55. The highest BCUT2D eigenvalue weighted by molar-refractivity contribution is 7.15. The van der Waals surface area contributed by atoms with E-state index in [4.69, 9.17) is 5.73 Å². The van der Waals surface area contributed by atoms with Crippen LogP contribution < -0.4 is 5.73 Å². The molecule has 2 nitrogen and oxygen atoms in total. The number of nitrogens with two attached hydrogens (primary N) is 1. The van der Waals surface area contributed by atoms with Gasteiger partial charge in [-0.2, -0.15) is 0 Å². The fraction of sp³-hybridized carbons (Fsp3) is 0.286. The molecular formula is C7H10N2S. The number of allylic oxidation sites excluding steroid dienone is 1. The van der Waals surface area contributed by atoms with Crippen LogP contribution in [0.15, 0.2) is 18.9 Å². The molecule has 3 heteroatoms. The number of nitrogen functional groups attached to an aromatic ring is 1. The van der Waals surface area contributed by atoms with Crippen LogP contribution in [0.4, 0.5) is 5.13 Å². The molecule has 0 aliphatic heterocycles. The van der Waals surface area contributed by atoms with Crippen molar-refractivity contribution in [2.75, 3.05) is 5.73 Å². The molecule has 0 saturated carbocycles. The molecular weight excluding hydrogens is 144 g/mol. The Morgan fingerprint density at radius 2 is 2.60 bits per heavy atom. The Morgan fingerprint density at radius 3 is 3.10 bits per heavy atom. The highest BCUT2D eigenvalue weighted by Gasteiger charge is 1.95. The Kier molecular flexibility index (Phi) is 2.45. The average Bonchev–Trinajstić information content (AvgIpc) is 2.31. The van der Waals surface area contributed by atoms with E-state index in [1.54, 1.807) is 11.3 Å². The molecule has 1 aromatic rings. The van der Waals surface area contributed by atoms with E-state index >= 15 is 0 Å². The Balaban J connectivity index is 2.49. The Morgan fingerprint density at radius 1 is 1.80 bits per heavy atom. The predicted octanol–water partition coefficient (Wildman–Crippen LogP) is 1.84. The van der Waals surface area contributed by atoms with Gasteiger partial charge in [-0.25, -0.2) is 4.98 Å². The summed E-state index contributed by atoms with van der Waals surface area (Å²) < 4.78 is 0. The SMILES string of the molecule is C=CCCc1cnc(N)s1. The van der Waals surface area contributed by atoms with Gasteiger partial charge in [-0.1, -0.05) is 6.08 Å². The first kappa shape index (κ1) is 7.28. The minimum atomic E-state index is 0.652. The first-order chi connectivity index (χ1) is 4.83. The van der Waals surface area contributed by atoms with E-state index in [1.165, 1.54) is 4.88 Å². The summed E-state index contributed by atoms with van der Waals surface area (Å²) in [6, 6.07) is 0. The van der Waals surface area contributed by atoms with Crippen LogP contribution in [-0.4, -0.2) is 4.98 Å². The third-order valence-corrected chi connectivity index (χ3v) is 2.05. The van der Waals surface area contributed by atoms with Gasteiger partial charge in [0.1, 0.15) is 0 Å². The number of hydrogen-bond acceptors (Lipinski definition) is 3. The quantitative estimate of drug-likeness (QED) is 0.675. The number of aromatic nitrogens is 1. The molecule has 54 valence electrons. The minimum absolute atomic E-state index is 0.652. The summed E-state index contributed by atoms with van der Waals surface area (Å²) in [5, 5.41) is 0.652. The van der Waals surface area contributed by atoms with Crippen molar-refractivity contribution in [2.24, 2.45) is 0 Å². The van der Waals surface area contributed by atoms with Crippen molar-refractivity contribution in [3.63, 3.8) is 0 Å². The second kappa shape index (κ2) is 3.37. The van der Waals surface area contributed by atoms with E-state index in [0.29, 0.717) is 5.13 Å². The first-order valence-corrected chi connectivity index (χ1v) is 3.95. The molecule has 0 amide bonds. The summed E-state index contributed by atoms with van der Waals surface area (Å²) in [4.78, 5) is 5.17. The molecule has 0 spiro atoms. The van der Waals surface area contributed by atoms with Crippen molar-refractivity contribution >= 4 is 16.5 Å². The topological polar surface area (TPSA) is 38.9 Å². The highest BCUT2D eigenvalue weighted by atomic mass is 32.1. The van der Waals surface area contributed by atoms with E-state index < -0.39 is 0 Å². The van der Waals surface area contributed by atoms with Crippen LogP contribution in [0.3, 0.4) is 0 Å². The van der Waals surface area contributed by atoms with Crippen molar-refractivity contribution in [1.82, 2.24) is 4.98 Å². The Bertz CT molecular complexity index is 217. The number of aryl methyl sites for hydroxylation is 1. The molecule has 10 heavy (non-hydrogen) atoms. The average molecular weight is 154 g/mol. The Labute approximate surface area is 64.4 Å². The lowest BCUT2D eigenvalue weighted by molar-refractivity contribution is 1.02. The molecule has 1 aromatic heterocycles. The summed E-state index contributed by atoms with van der Waals surface area (Å²) in [7, 11) is 0. The second-order valence-electron chi connectivity index (χ2n) is 1.99. The lowest BCUT2D eigenvalue weighted by Crippen LogP contribution is -1.77. The summed E-state index contributed by atoms with van der Waals surface area (Å²) in [5.74, 6) is 0. The molecule has 1 rings (SSSR count). The zero-order valence-corrected chi connectivity index (χ0v) is 6.53. The van der Waals surface area contributed by atoms with E-state index in [9.17, 15) is 0 Å². The third kappa shape index (κ3) is 1.84. The van der Waals surface area contributed by atoms with Crippen LogP contribution in [0.5, 0.6) is 0 Å². The van der Waals surface area contributed by atoms with Crippen molar-refractivity contribution in [3.8, 4) is 0 Å². The highest BCUT2D eigenvalue weighted by Crippen LogP contribution is 2.15. The van der Waals surface area contributed by atoms with Crippen LogP contribution in [0.2, 0.25) is 0 Å². The van der Waals surface area contributed by atoms with Gasteiger partial charge in [0, 0.05) is 11.1 Å². The number of hydrogen-bond donors (Lipinski definition) is 1. The molecule has 0 unspecified atom stereocenters. The van der Waals surface area contributed by atoms with Crippen LogP contribution in [0, 0.1) is 0 Å². The maximum absolute atomic E-state index is 5.43. The summed E-state index contributed by atoms with van der Waals surface area (Å²) in [6.07, 6.45) is 5.74. The third-order valence-electron chi connectivity index (χ3n) is 1.17. The lowest BCUT2D eigenvalue weighted by Gasteiger charge is -1.86. The molecule has 0 saturated heterocycles. The normalized spacial score (nSPS) is 9.60. The van der Waals surface area contributed by atoms with Crippen molar-refractivity contribution in [1.29, 1.82) is 0 Å². The minimum Gasteiger partial charge on any atom is -0.375 e. The standard InChI is InChI=1S/C7H10N2S/c1-2-3-4-6-5-9-7(8)10-6/h2,5H,1,3-4H2,(H2,8,9). The summed E-state index contributed by atoms with van der Waals surface area (Å²) in [5.41, 5.74) is 5.43. The molecule has 2 N–H and O–H groups in total. The van der Waals surface area contributed by atoms with Crippen molar-refractivity contribution in [3.05, 3.63) is 23.7 Å². The van der Waals surface area contributed by atoms with E-state index in [-0.39, 0.29) is 0 Å². The fourth-order valence-corrected chi connectivity index (χ4v) is 1.38. The largest absolute Gasteiger partial charge is 0.375 e. The molecule has 0 aliphatic rings. The van der Waals surface area contributed by atoms with Gasteiger partial charge in [-0.15, -0.1) is 17.9 Å². The van der Waals surface area contributed by atoms with Crippen LogP contribution >= 0.6 is 11.3 Å². The van der Waals surface area contributed by atoms with Gasteiger partial charge in [0.15, 0.2) is 5.13 Å². The number of thiazole rings is 1. The fourth-order valence-electron chi connectivity index (χ4n) is 0.683. The van der Waals surface area contributed by atoms with Crippen LogP contribution in [-0.2, 0) is 6.42 Å². The number of rotatable bonds is 3. The Hall–Kier alpha value is -0.830. The first-order valence-electron chi connectivity index (χ1n) is 3.14. The van der Waals surface area contributed by atoms with Crippen molar-refractivity contribution < 1.29 is 0 Å². The molecule has 0 aromatic carbocycles. The molecule has 1 heterocycles. The van der Waals surface area contributed by atoms with Crippen LogP contribution in [0.25, 0.3) is 0 Å². The zero-order valence-electron chi connectivity index (χ0n) is 5.71. The number of anilines is 1. The molecule has 0 radical (unpaired) electrons.